The molecule has 0 bridgehead atoms. The maximum Gasteiger partial charge on any atom is 0.351 e. The normalized spacial score (nSPS) is 15.8. The van der Waals surface area contributed by atoms with E-state index in [0.29, 0.717) is 27.8 Å². The lowest BCUT2D eigenvalue weighted by Crippen LogP contribution is -2.27. The standard InChI is InChI=1S/C20H10N2O6/c23-10-6-3-5-9-12-13-16(8-4-1-2-7-11(8)26-19(13)24)28-18-14(12)17(27-15(9)10)21-20(25)22-18/h1-7,12,23H,(H,21,22,25). The number of ether oxygens (including phenoxy) is 2. The fourth-order valence-electron chi connectivity index (χ4n) is 3.88. The van der Waals surface area contributed by atoms with Crippen molar-refractivity contribution in [1.29, 1.82) is 0 Å². The van der Waals surface area contributed by atoms with E-state index < -0.39 is 17.2 Å². The van der Waals surface area contributed by atoms with Gasteiger partial charge in [-0.15, -0.1) is 0 Å². The van der Waals surface area contributed by atoms with Gasteiger partial charge in [-0.05, 0) is 18.2 Å². The minimum atomic E-state index is -0.671. The lowest BCUT2D eigenvalue weighted by Gasteiger charge is -2.32. The number of H-pyrrole nitrogens is 1. The molecule has 2 aliphatic heterocycles. The average molecular weight is 374 g/mol. The van der Waals surface area contributed by atoms with E-state index in [2.05, 4.69) is 9.97 Å². The van der Waals surface area contributed by atoms with Crippen LogP contribution in [0.15, 0.2) is 56.5 Å². The quantitative estimate of drug-likeness (QED) is 0.393. The minimum Gasteiger partial charge on any atom is -0.504 e. The van der Waals surface area contributed by atoms with E-state index in [1.807, 2.05) is 0 Å². The number of aromatic nitrogens is 2. The topological polar surface area (TPSA) is 115 Å². The third kappa shape index (κ3) is 1.81. The van der Waals surface area contributed by atoms with Crippen molar-refractivity contribution in [1.82, 2.24) is 9.97 Å². The number of hydrogen-bond acceptors (Lipinski definition) is 7. The molecule has 0 radical (unpaired) electrons. The number of rotatable bonds is 0. The SMILES string of the molecule is O=c1nc2c3c([nH]1)Oc1c(c(=O)oc4ccccc14)C3c1cccc(O)c1O2. The molecule has 8 nitrogen and oxygen atoms in total. The summed E-state index contributed by atoms with van der Waals surface area (Å²) in [5.41, 5.74) is 0.355. The zero-order valence-electron chi connectivity index (χ0n) is 14.1. The van der Waals surface area contributed by atoms with E-state index in [1.54, 1.807) is 36.4 Å². The van der Waals surface area contributed by atoms with E-state index >= 15 is 0 Å². The summed E-state index contributed by atoms with van der Waals surface area (Å²) in [4.78, 5) is 31.4. The van der Waals surface area contributed by atoms with Gasteiger partial charge in [0.1, 0.15) is 5.58 Å². The van der Waals surface area contributed by atoms with Gasteiger partial charge in [0.15, 0.2) is 17.2 Å². The molecular weight excluding hydrogens is 364 g/mol. The second kappa shape index (κ2) is 5.01. The van der Waals surface area contributed by atoms with Crippen LogP contribution in [0.1, 0.15) is 22.6 Å². The fourth-order valence-corrected chi connectivity index (χ4v) is 3.88. The molecule has 4 aromatic rings. The molecule has 0 fully saturated rings. The highest BCUT2D eigenvalue weighted by molar-refractivity contribution is 5.86. The number of phenolic OH excluding ortho intramolecular Hbond substituents is 1. The Labute approximate surface area is 155 Å². The Hall–Kier alpha value is -4.07. The van der Waals surface area contributed by atoms with Gasteiger partial charge in [0, 0.05) is 5.56 Å². The Bertz CT molecular complexity index is 1440. The largest absolute Gasteiger partial charge is 0.504 e. The number of para-hydroxylation sites is 2. The maximum atomic E-state index is 12.9. The summed E-state index contributed by atoms with van der Waals surface area (Å²) in [7, 11) is 0. The number of hydrogen-bond donors (Lipinski definition) is 2. The third-order valence-corrected chi connectivity index (χ3v) is 5.01. The zero-order chi connectivity index (χ0) is 19.0. The fraction of sp³-hybridized carbons (Fsp3) is 0.0500. The summed E-state index contributed by atoms with van der Waals surface area (Å²) in [5.74, 6) is -0.217. The molecule has 0 saturated carbocycles. The van der Waals surface area contributed by atoms with Gasteiger partial charge in [0.25, 0.3) is 0 Å². The van der Waals surface area contributed by atoms with Crippen molar-refractivity contribution in [3.05, 3.63) is 80.1 Å². The minimum absolute atomic E-state index is 0.0176. The first-order chi connectivity index (χ1) is 13.6. The molecule has 136 valence electrons. The molecule has 8 heteroatoms. The van der Waals surface area contributed by atoms with E-state index in [-0.39, 0.29) is 28.8 Å². The molecule has 28 heavy (non-hydrogen) atoms. The predicted molar refractivity (Wildman–Crippen MR) is 96.5 cm³/mol. The van der Waals surface area contributed by atoms with Crippen LogP contribution < -0.4 is 20.8 Å². The number of phenols is 1. The second-order valence-corrected chi connectivity index (χ2v) is 6.55. The lowest BCUT2D eigenvalue weighted by molar-refractivity contribution is 0.358. The molecule has 0 aliphatic carbocycles. The van der Waals surface area contributed by atoms with Gasteiger partial charge in [-0.2, -0.15) is 4.98 Å². The Balaban J connectivity index is 1.80. The van der Waals surface area contributed by atoms with E-state index in [0.717, 1.165) is 0 Å². The highest BCUT2D eigenvalue weighted by Gasteiger charge is 2.42. The van der Waals surface area contributed by atoms with Gasteiger partial charge in [-0.3, -0.25) is 4.98 Å². The Morgan fingerprint density at radius 3 is 2.71 bits per heavy atom. The molecule has 2 N–H and O–H groups in total. The van der Waals surface area contributed by atoms with Crippen molar-refractivity contribution in [3.63, 3.8) is 0 Å². The van der Waals surface area contributed by atoms with Crippen molar-refractivity contribution in [2.75, 3.05) is 0 Å². The van der Waals surface area contributed by atoms with Gasteiger partial charge < -0.3 is 19.0 Å². The zero-order valence-corrected chi connectivity index (χ0v) is 14.1. The van der Waals surface area contributed by atoms with Gasteiger partial charge in [0.2, 0.25) is 11.8 Å². The summed E-state index contributed by atoms with van der Waals surface area (Å²) in [6, 6.07) is 11.8. The molecule has 6 rings (SSSR count). The monoisotopic (exact) mass is 374 g/mol. The van der Waals surface area contributed by atoms with Crippen LogP contribution in [-0.2, 0) is 0 Å². The molecule has 2 aliphatic rings. The number of aromatic hydroxyl groups is 1. The van der Waals surface area contributed by atoms with Gasteiger partial charge >= 0.3 is 11.3 Å². The summed E-state index contributed by atoms with van der Waals surface area (Å²) in [6.07, 6.45) is 0. The smallest absolute Gasteiger partial charge is 0.351 e. The highest BCUT2D eigenvalue weighted by Crippen LogP contribution is 2.56. The molecule has 1 unspecified atom stereocenters. The van der Waals surface area contributed by atoms with Crippen LogP contribution in [0, 0.1) is 0 Å². The molecule has 1 atom stereocenters. The van der Waals surface area contributed by atoms with Gasteiger partial charge in [-0.1, -0.05) is 24.3 Å². The van der Waals surface area contributed by atoms with Crippen LogP contribution in [0.4, 0.5) is 0 Å². The van der Waals surface area contributed by atoms with Crippen molar-refractivity contribution < 1.29 is 19.0 Å². The van der Waals surface area contributed by atoms with E-state index in [1.165, 1.54) is 6.07 Å². The van der Waals surface area contributed by atoms with Crippen molar-refractivity contribution in [2.45, 2.75) is 5.92 Å². The first-order valence-electron chi connectivity index (χ1n) is 8.49. The van der Waals surface area contributed by atoms with Crippen molar-refractivity contribution in [3.8, 4) is 29.0 Å². The van der Waals surface area contributed by atoms with E-state index in [9.17, 15) is 14.7 Å². The number of benzene rings is 2. The highest BCUT2D eigenvalue weighted by atomic mass is 16.5. The summed E-state index contributed by atoms with van der Waals surface area (Å²) >= 11 is 0. The first-order valence-corrected chi connectivity index (χ1v) is 8.49. The molecule has 2 aromatic heterocycles. The number of aromatic amines is 1. The summed E-state index contributed by atoms with van der Waals surface area (Å²) < 4.78 is 17.1. The lowest BCUT2D eigenvalue weighted by atomic mass is 9.82. The molecule has 0 amide bonds. The van der Waals surface area contributed by atoms with Gasteiger partial charge in [-0.25, -0.2) is 9.59 Å². The maximum absolute atomic E-state index is 12.9. The number of fused-ring (bicyclic) bond motifs is 6. The van der Waals surface area contributed by atoms with Crippen molar-refractivity contribution >= 4 is 11.0 Å². The van der Waals surface area contributed by atoms with Gasteiger partial charge in [0.05, 0.1) is 22.4 Å². The first kappa shape index (κ1) is 15.0. The van der Waals surface area contributed by atoms with Crippen LogP contribution in [-0.4, -0.2) is 15.1 Å². The summed E-state index contributed by atoms with van der Waals surface area (Å²) in [6.45, 7) is 0. The number of nitrogens with one attached hydrogen (secondary N) is 1. The molecule has 0 spiro atoms. The predicted octanol–water partition coefficient (Wildman–Crippen LogP) is 2.97. The van der Waals surface area contributed by atoms with Crippen LogP contribution in [0.25, 0.3) is 11.0 Å². The molecular formula is C20H10N2O6. The average Bonchev–Trinajstić information content (AvgIpc) is 2.68. The van der Waals surface area contributed by atoms with Crippen molar-refractivity contribution in [2.24, 2.45) is 0 Å². The van der Waals surface area contributed by atoms with E-state index in [4.69, 9.17) is 13.9 Å². The van der Waals surface area contributed by atoms with Crippen LogP contribution in [0.2, 0.25) is 0 Å². The molecule has 4 heterocycles. The Kier molecular flexibility index (Phi) is 2.69. The Morgan fingerprint density at radius 1 is 0.964 bits per heavy atom. The van der Waals surface area contributed by atoms with Crippen LogP contribution >= 0.6 is 0 Å². The number of nitrogens with zero attached hydrogens (tertiary/aromatic N) is 1. The second-order valence-electron chi connectivity index (χ2n) is 6.55. The Morgan fingerprint density at radius 2 is 1.82 bits per heavy atom. The molecule has 0 saturated heterocycles. The van der Waals surface area contributed by atoms with Crippen LogP contribution in [0.5, 0.6) is 29.0 Å². The molecule has 2 aromatic carbocycles. The van der Waals surface area contributed by atoms with Crippen LogP contribution in [0.3, 0.4) is 0 Å². The third-order valence-electron chi connectivity index (χ3n) is 5.01. The summed E-state index contributed by atoms with van der Waals surface area (Å²) in [5, 5.41) is 10.9.